The molecule has 98 valence electrons. The Bertz CT molecular complexity index is 451. The first kappa shape index (κ1) is 13.4. The average Bonchev–Trinajstić information content (AvgIpc) is 2.78. The molecule has 0 unspecified atom stereocenters. The Morgan fingerprint density at radius 1 is 1.50 bits per heavy atom. The van der Waals surface area contributed by atoms with Crippen LogP contribution in [0.4, 0.5) is 5.69 Å². The van der Waals surface area contributed by atoms with Crippen LogP contribution in [0.25, 0.3) is 0 Å². The maximum atomic E-state index is 12.2. The van der Waals surface area contributed by atoms with E-state index in [2.05, 4.69) is 33.5 Å². The molecular formula is C13H17BrN2O2. The van der Waals surface area contributed by atoms with Crippen molar-refractivity contribution in [3.8, 4) is 5.75 Å². The van der Waals surface area contributed by atoms with Crippen LogP contribution in [-0.2, 0) is 4.79 Å². The molecule has 0 bridgehead atoms. The zero-order chi connectivity index (χ0) is 13.1. The Hall–Kier alpha value is -1.07. The fourth-order valence-electron chi connectivity index (χ4n) is 2.11. The van der Waals surface area contributed by atoms with Gasteiger partial charge in [0.2, 0.25) is 5.91 Å². The summed E-state index contributed by atoms with van der Waals surface area (Å²) in [5.74, 6) is 1.19. The molecule has 1 heterocycles. The molecule has 0 aliphatic carbocycles. The molecular weight excluding hydrogens is 296 g/mol. The van der Waals surface area contributed by atoms with Crippen molar-refractivity contribution in [2.75, 3.05) is 25.5 Å². The van der Waals surface area contributed by atoms with Crippen LogP contribution in [-0.4, -0.2) is 26.1 Å². The van der Waals surface area contributed by atoms with Crippen LogP contribution in [0.3, 0.4) is 0 Å². The van der Waals surface area contributed by atoms with Gasteiger partial charge in [-0.05, 0) is 40.5 Å². The Balaban J connectivity index is 2.11. The molecule has 1 amide bonds. The van der Waals surface area contributed by atoms with Crippen molar-refractivity contribution in [3.63, 3.8) is 0 Å². The number of amides is 1. The second-order valence-electron chi connectivity index (χ2n) is 4.58. The summed E-state index contributed by atoms with van der Waals surface area (Å²) in [5, 5.41) is 6.18. The van der Waals surface area contributed by atoms with E-state index >= 15 is 0 Å². The molecule has 2 N–H and O–H groups in total. The van der Waals surface area contributed by atoms with E-state index in [1.165, 1.54) is 0 Å². The summed E-state index contributed by atoms with van der Waals surface area (Å²) in [7, 11) is 1.61. The molecule has 1 aliphatic rings. The van der Waals surface area contributed by atoms with Gasteiger partial charge in [0.1, 0.15) is 5.75 Å². The fraction of sp³-hybridized carbons (Fsp3) is 0.462. The lowest BCUT2D eigenvalue weighted by molar-refractivity contribution is -0.120. The van der Waals surface area contributed by atoms with Gasteiger partial charge in [0.05, 0.1) is 18.7 Å². The maximum Gasteiger partial charge on any atom is 0.229 e. The molecule has 5 heteroatoms. The predicted molar refractivity (Wildman–Crippen MR) is 74.8 cm³/mol. The Kier molecular flexibility index (Phi) is 4.24. The number of nitrogens with one attached hydrogen (secondary N) is 2. The van der Waals surface area contributed by atoms with Crippen molar-refractivity contribution in [1.29, 1.82) is 0 Å². The zero-order valence-electron chi connectivity index (χ0n) is 10.5. The number of benzene rings is 1. The third-order valence-corrected chi connectivity index (χ3v) is 3.98. The molecule has 0 spiro atoms. The van der Waals surface area contributed by atoms with Gasteiger partial charge < -0.3 is 15.4 Å². The zero-order valence-corrected chi connectivity index (χ0v) is 12.1. The van der Waals surface area contributed by atoms with Crippen LogP contribution in [0.1, 0.15) is 6.92 Å². The largest absolute Gasteiger partial charge is 0.497 e. The number of anilines is 1. The highest BCUT2D eigenvalue weighted by atomic mass is 79.9. The van der Waals surface area contributed by atoms with Gasteiger partial charge in [-0.1, -0.05) is 6.92 Å². The van der Waals surface area contributed by atoms with E-state index in [0.717, 1.165) is 29.0 Å². The molecule has 2 atom stereocenters. The van der Waals surface area contributed by atoms with Crippen LogP contribution in [0.2, 0.25) is 0 Å². The van der Waals surface area contributed by atoms with E-state index in [-0.39, 0.29) is 11.8 Å². The molecule has 1 fully saturated rings. The van der Waals surface area contributed by atoms with E-state index in [0.29, 0.717) is 5.92 Å². The van der Waals surface area contributed by atoms with Crippen molar-refractivity contribution >= 4 is 27.5 Å². The number of carbonyl (C=O) groups is 1. The molecule has 0 radical (unpaired) electrons. The molecule has 1 aromatic rings. The Morgan fingerprint density at radius 2 is 2.28 bits per heavy atom. The lowest BCUT2D eigenvalue weighted by Crippen LogP contribution is -2.27. The van der Waals surface area contributed by atoms with Gasteiger partial charge in [0.25, 0.3) is 0 Å². The van der Waals surface area contributed by atoms with E-state index in [9.17, 15) is 4.79 Å². The average molecular weight is 313 g/mol. The molecule has 0 aromatic heterocycles. The molecule has 18 heavy (non-hydrogen) atoms. The van der Waals surface area contributed by atoms with Gasteiger partial charge in [0.15, 0.2) is 0 Å². The van der Waals surface area contributed by atoms with E-state index in [1.807, 2.05) is 18.2 Å². The molecule has 1 saturated heterocycles. The first-order chi connectivity index (χ1) is 8.61. The third kappa shape index (κ3) is 2.84. The van der Waals surface area contributed by atoms with Gasteiger partial charge in [-0.15, -0.1) is 0 Å². The summed E-state index contributed by atoms with van der Waals surface area (Å²) < 4.78 is 6.01. The van der Waals surface area contributed by atoms with Crippen LogP contribution in [0, 0.1) is 11.8 Å². The highest BCUT2D eigenvalue weighted by Gasteiger charge is 2.29. The quantitative estimate of drug-likeness (QED) is 0.900. The van der Waals surface area contributed by atoms with Crippen LogP contribution < -0.4 is 15.4 Å². The van der Waals surface area contributed by atoms with Gasteiger partial charge in [-0.25, -0.2) is 0 Å². The summed E-state index contributed by atoms with van der Waals surface area (Å²) in [6.07, 6.45) is 0. The van der Waals surface area contributed by atoms with Crippen molar-refractivity contribution in [3.05, 3.63) is 22.7 Å². The number of ether oxygens (including phenoxy) is 1. The standard InChI is InChI=1S/C13H17BrN2O2/c1-8-6-15-7-10(8)13(17)16-12-5-9(18-2)3-4-11(12)14/h3-5,8,10,15H,6-7H2,1-2H3,(H,16,17)/t8-,10-/m1/s1. The summed E-state index contributed by atoms with van der Waals surface area (Å²) >= 11 is 3.43. The smallest absolute Gasteiger partial charge is 0.229 e. The van der Waals surface area contributed by atoms with Crippen molar-refractivity contribution in [1.82, 2.24) is 5.32 Å². The van der Waals surface area contributed by atoms with Gasteiger partial charge in [-0.2, -0.15) is 0 Å². The monoisotopic (exact) mass is 312 g/mol. The minimum absolute atomic E-state index is 0.0306. The second-order valence-corrected chi connectivity index (χ2v) is 5.43. The minimum Gasteiger partial charge on any atom is -0.497 e. The Labute approximate surface area is 115 Å². The van der Waals surface area contributed by atoms with Crippen molar-refractivity contribution < 1.29 is 9.53 Å². The molecule has 1 aromatic carbocycles. The lowest BCUT2D eigenvalue weighted by Gasteiger charge is -2.15. The van der Waals surface area contributed by atoms with Gasteiger partial charge in [0, 0.05) is 17.1 Å². The normalized spacial score (nSPS) is 22.8. The number of methoxy groups -OCH3 is 1. The number of hydrogen-bond donors (Lipinski definition) is 2. The lowest BCUT2D eigenvalue weighted by atomic mass is 9.97. The number of hydrogen-bond acceptors (Lipinski definition) is 3. The molecule has 0 saturated carbocycles. The van der Waals surface area contributed by atoms with Crippen molar-refractivity contribution in [2.24, 2.45) is 11.8 Å². The predicted octanol–water partition coefficient (Wildman–Crippen LogP) is 2.25. The number of rotatable bonds is 3. The van der Waals surface area contributed by atoms with Crippen LogP contribution in [0.15, 0.2) is 22.7 Å². The molecule has 2 rings (SSSR count). The van der Waals surface area contributed by atoms with Gasteiger partial charge in [-0.3, -0.25) is 4.79 Å². The summed E-state index contributed by atoms with van der Waals surface area (Å²) in [6, 6.07) is 5.53. The molecule has 1 aliphatic heterocycles. The SMILES string of the molecule is COc1ccc(Br)c(NC(=O)[C@@H]2CNC[C@H]2C)c1. The second kappa shape index (κ2) is 5.71. The summed E-state index contributed by atoms with van der Waals surface area (Å²) in [6.45, 7) is 3.73. The fourth-order valence-corrected chi connectivity index (χ4v) is 2.46. The van der Waals surface area contributed by atoms with Crippen molar-refractivity contribution in [2.45, 2.75) is 6.92 Å². The summed E-state index contributed by atoms with van der Waals surface area (Å²) in [4.78, 5) is 12.2. The van der Waals surface area contributed by atoms with Gasteiger partial charge >= 0.3 is 0 Å². The van der Waals surface area contributed by atoms with E-state index in [4.69, 9.17) is 4.74 Å². The third-order valence-electron chi connectivity index (χ3n) is 3.29. The minimum atomic E-state index is 0.0306. The van der Waals surface area contributed by atoms with Crippen LogP contribution >= 0.6 is 15.9 Å². The van der Waals surface area contributed by atoms with E-state index in [1.54, 1.807) is 7.11 Å². The Morgan fingerprint density at radius 3 is 2.89 bits per heavy atom. The number of halogens is 1. The number of carbonyl (C=O) groups excluding carboxylic acids is 1. The maximum absolute atomic E-state index is 12.2. The topological polar surface area (TPSA) is 50.4 Å². The highest BCUT2D eigenvalue weighted by Crippen LogP contribution is 2.28. The molecule has 4 nitrogen and oxygen atoms in total. The first-order valence-electron chi connectivity index (χ1n) is 5.97. The van der Waals surface area contributed by atoms with Crippen LogP contribution in [0.5, 0.6) is 5.75 Å². The van der Waals surface area contributed by atoms with E-state index < -0.39 is 0 Å². The highest BCUT2D eigenvalue weighted by molar-refractivity contribution is 9.10. The first-order valence-corrected chi connectivity index (χ1v) is 6.76. The summed E-state index contributed by atoms with van der Waals surface area (Å²) in [5.41, 5.74) is 0.749.